The van der Waals surface area contributed by atoms with Gasteiger partial charge in [0, 0.05) is 22.2 Å². The van der Waals surface area contributed by atoms with Crippen molar-refractivity contribution in [2.24, 2.45) is 0 Å². The maximum absolute atomic E-state index is 13.1. The molecule has 0 aromatic heterocycles. The Hall–Kier alpha value is -2.30. The second-order valence-corrected chi connectivity index (χ2v) is 11.5. The van der Waals surface area contributed by atoms with Gasteiger partial charge in [-0.2, -0.15) is 0 Å². The highest BCUT2D eigenvalue weighted by Crippen LogP contribution is 2.40. The number of nitrogens with zero attached hydrogens (tertiary/aromatic N) is 1. The number of aliphatic hydroxyl groups is 1. The van der Waals surface area contributed by atoms with Gasteiger partial charge in [-0.1, -0.05) is 126 Å². The highest BCUT2D eigenvalue weighted by atomic mass is 35.5. The molecular formula is C33H43Cl2NO3. The second-order valence-electron chi connectivity index (χ2n) is 10.6. The van der Waals surface area contributed by atoms with Gasteiger partial charge in [0.25, 0.3) is 11.7 Å². The molecule has 1 aliphatic heterocycles. The SMILES string of the molecule is CCCCCCCCCCCCCCCCN1C(=O)C(=O)/C(=C(/O)c2ccc(Cl)cc2)C1c1ccc(Cl)cc1. The summed E-state index contributed by atoms with van der Waals surface area (Å²) in [4.78, 5) is 27.8. The number of carbonyl (C=O) groups excluding carboxylic acids is 2. The summed E-state index contributed by atoms with van der Waals surface area (Å²) in [7, 11) is 0. The van der Waals surface area contributed by atoms with Crippen molar-refractivity contribution in [1.82, 2.24) is 4.90 Å². The van der Waals surface area contributed by atoms with Gasteiger partial charge in [-0.15, -0.1) is 0 Å². The van der Waals surface area contributed by atoms with Crippen LogP contribution in [0, 0.1) is 0 Å². The summed E-state index contributed by atoms with van der Waals surface area (Å²) in [5.41, 5.74) is 1.31. The molecule has 1 unspecified atom stereocenters. The molecule has 0 bridgehead atoms. The van der Waals surface area contributed by atoms with E-state index in [0.29, 0.717) is 22.2 Å². The molecule has 4 nitrogen and oxygen atoms in total. The van der Waals surface area contributed by atoms with E-state index in [1.165, 1.54) is 70.6 Å². The van der Waals surface area contributed by atoms with Crippen molar-refractivity contribution in [2.45, 2.75) is 103 Å². The minimum absolute atomic E-state index is 0.106. The lowest BCUT2D eigenvalue weighted by molar-refractivity contribution is -0.139. The Balaban J connectivity index is 1.52. The molecule has 3 rings (SSSR count). The van der Waals surface area contributed by atoms with E-state index in [0.717, 1.165) is 24.8 Å². The van der Waals surface area contributed by atoms with E-state index in [1.807, 2.05) is 12.1 Å². The molecule has 1 atom stereocenters. The predicted octanol–water partition coefficient (Wildman–Crippen LogP) is 9.90. The minimum Gasteiger partial charge on any atom is -0.507 e. The lowest BCUT2D eigenvalue weighted by Gasteiger charge is -2.25. The molecule has 2 aromatic rings. The Morgan fingerprint density at radius 3 is 1.62 bits per heavy atom. The summed E-state index contributed by atoms with van der Waals surface area (Å²) in [5, 5.41) is 12.2. The number of hydrogen-bond donors (Lipinski definition) is 1. The Morgan fingerprint density at radius 1 is 0.692 bits per heavy atom. The molecule has 6 heteroatoms. The molecule has 1 N–H and O–H groups in total. The predicted molar refractivity (Wildman–Crippen MR) is 162 cm³/mol. The van der Waals surface area contributed by atoms with Crippen LogP contribution in [0.25, 0.3) is 5.76 Å². The molecule has 0 radical (unpaired) electrons. The topological polar surface area (TPSA) is 57.6 Å². The molecule has 1 aliphatic rings. The van der Waals surface area contributed by atoms with E-state index in [1.54, 1.807) is 41.3 Å². The lowest BCUT2D eigenvalue weighted by atomic mass is 9.95. The molecule has 0 saturated carbocycles. The molecule has 1 amide bonds. The highest BCUT2D eigenvalue weighted by Gasteiger charge is 2.45. The van der Waals surface area contributed by atoms with E-state index >= 15 is 0 Å². The normalized spacial score (nSPS) is 16.8. The summed E-state index contributed by atoms with van der Waals surface area (Å²) >= 11 is 12.1. The summed E-state index contributed by atoms with van der Waals surface area (Å²) in [5.74, 6) is -1.42. The minimum atomic E-state index is -0.659. The number of rotatable bonds is 17. The van der Waals surface area contributed by atoms with Crippen LogP contribution in [-0.2, 0) is 9.59 Å². The van der Waals surface area contributed by atoms with Crippen LogP contribution in [0.15, 0.2) is 54.1 Å². The van der Waals surface area contributed by atoms with E-state index in [-0.39, 0.29) is 11.3 Å². The molecule has 0 spiro atoms. The summed E-state index contributed by atoms with van der Waals surface area (Å²) in [6.45, 7) is 2.72. The first-order chi connectivity index (χ1) is 18.9. The maximum Gasteiger partial charge on any atom is 0.295 e. The van der Waals surface area contributed by atoms with Crippen molar-refractivity contribution in [1.29, 1.82) is 0 Å². The molecule has 2 aromatic carbocycles. The number of likely N-dealkylation sites (tertiary alicyclic amines) is 1. The Labute approximate surface area is 244 Å². The van der Waals surface area contributed by atoms with Crippen molar-refractivity contribution < 1.29 is 14.7 Å². The van der Waals surface area contributed by atoms with Crippen LogP contribution in [0.3, 0.4) is 0 Å². The summed E-state index contributed by atoms with van der Waals surface area (Å²) in [6.07, 6.45) is 17.6. The Kier molecular flexibility index (Phi) is 13.4. The first-order valence-electron chi connectivity index (χ1n) is 14.7. The van der Waals surface area contributed by atoms with Gasteiger partial charge < -0.3 is 10.0 Å². The number of Topliss-reactive ketones (excluding diaryl/α,β-unsaturated/α-hetero) is 1. The first kappa shape index (κ1) is 31.2. The second kappa shape index (κ2) is 16.7. The lowest BCUT2D eigenvalue weighted by Crippen LogP contribution is -2.30. The van der Waals surface area contributed by atoms with Crippen molar-refractivity contribution in [3.8, 4) is 0 Å². The Bertz CT molecular complexity index is 1080. The van der Waals surface area contributed by atoms with E-state index in [4.69, 9.17) is 23.2 Å². The molecule has 0 aliphatic carbocycles. The monoisotopic (exact) mass is 571 g/mol. The summed E-state index contributed by atoms with van der Waals surface area (Å²) in [6, 6.07) is 13.1. The fourth-order valence-corrected chi connectivity index (χ4v) is 5.59. The number of benzene rings is 2. The fourth-order valence-electron chi connectivity index (χ4n) is 5.34. The first-order valence-corrected chi connectivity index (χ1v) is 15.5. The number of unbranched alkanes of at least 4 members (excludes halogenated alkanes) is 13. The molecular weight excluding hydrogens is 529 g/mol. The molecule has 1 heterocycles. The smallest absolute Gasteiger partial charge is 0.295 e. The van der Waals surface area contributed by atoms with Gasteiger partial charge in [0.15, 0.2) is 0 Å². The fraction of sp³-hybridized carbons (Fsp3) is 0.515. The number of hydrogen-bond acceptors (Lipinski definition) is 3. The van der Waals surface area contributed by atoms with Crippen molar-refractivity contribution in [3.05, 3.63) is 75.3 Å². The largest absolute Gasteiger partial charge is 0.507 e. The van der Waals surface area contributed by atoms with Crippen LogP contribution >= 0.6 is 23.2 Å². The number of carbonyl (C=O) groups is 2. The van der Waals surface area contributed by atoms with Crippen molar-refractivity contribution >= 4 is 40.7 Å². The molecule has 1 fully saturated rings. The average molecular weight is 573 g/mol. The quantitative estimate of drug-likeness (QED) is 0.0888. The average Bonchev–Trinajstić information content (AvgIpc) is 3.18. The van der Waals surface area contributed by atoms with Crippen LogP contribution in [-0.4, -0.2) is 28.2 Å². The molecule has 212 valence electrons. The van der Waals surface area contributed by atoms with E-state index in [9.17, 15) is 14.7 Å². The van der Waals surface area contributed by atoms with Gasteiger partial charge in [-0.05, 0) is 48.4 Å². The number of aliphatic hydroxyl groups excluding tert-OH is 1. The van der Waals surface area contributed by atoms with Crippen LogP contribution in [0.1, 0.15) is 114 Å². The van der Waals surface area contributed by atoms with Gasteiger partial charge >= 0.3 is 0 Å². The van der Waals surface area contributed by atoms with Gasteiger partial charge in [0.1, 0.15) is 5.76 Å². The third-order valence-electron chi connectivity index (χ3n) is 7.60. The van der Waals surface area contributed by atoms with Crippen LogP contribution in [0.2, 0.25) is 10.0 Å². The highest BCUT2D eigenvalue weighted by molar-refractivity contribution is 6.46. The van der Waals surface area contributed by atoms with E-state index < -0.39 is 17.7 Å². The van der Waals surface area contributed by atoms with Gasteiger partial charge in [0.05, 0.1) is 11.6 Å². The van der Waals surface area contributed by atoms with Gasteiger partial charge in [-0.25, -0.2) is 0 Å². The third kappa shape index (κ3) is 9.39. The Morgan fingerprint density at radius 2 is 1.13 bits per heavy atom. The summed E-state index contributed by atoms with van der Waals surface area (Å²) < 4.78 is 0. The number of halogens is 2. The number of ketones is 1. The van der Waals surface area contributed by atoms with E-state index in [2.05, 4.69) is 6.92 Å². The number of amides is 1. The van der Waals surface area contributed by atoms with Crippen molar-refractivity contribution in [2.75, 3.05) is 6.54 Å². The zero-order valence-electron chi connectivity index (χ0n) is 23.3. The zero-order chi connectivity index (χ0) is 28.0. The van der Waals surface area contributed by atoms with Gasteiger partial charge in [0.2, 0.25) is 0 Å². The van der Waals surface area contributed by atoms with Crippen LogP contribution < -0.4 is 0 Å². The van der Waals surface area contributed by atoms with Crippen LogP contribution in [0.4, 0.5) is 0 Å². The third-order valence-corrected chi connectivity index (χ3v) is 8.10. The van der Waals surface area contributed by atoms with Crippen LogP contribution in [0.5, 0.6) is 0 Å². The standard InChI is InChI=1S/C33H43Cl2NO3/c1-2-3-4-5-6-7-8-9-10-11-12-13-14-15-24-36-30(25-16-20-27(34)21-17-25)29(32(38)33(36)39)31(37)26-18-22-28(35)23-19-26/h16-23,30,37H,2-15,24H2,1H3/b31-29+. The molecule has 39 heavy (non-hydrogen) atoms. The van der Waals surface area contributed by atoms with Gasteiger partial charge in [-0.3, -0.25) is 9.59 Å². The maximum atomic E-state index is 13.1. The molecule has 1 saturated heterocycles. The van der Waals surface area contributed by atoms with Crippen molar-refractivity contribution in [3.63, 3.8) is 0 Å². The zero-order valence-corrected chi connectivity index (χ0v) is 24.8.